The van der Waals surface area contributed by atoms with Gasteiger partial charge >= 0.3 is 5.97 Å². The van der Waals surface area contributed by atoms with Crippen molar-refractivity contribution in [1.82, 2.24) is 15.5 Å². The topological polar surface area (TPSA) is 110 Å². The van der Waals surface area contributed by atoms with Crippen LogP contribution in [0.4, 0.5) is 5.13 Å². The molecule has 2 amide bonds. The molecule has 1 aromatic heterocycles. The fourth-order valence-electron chi connectivity index (χ4n) is 3.12. The van der Waals surface area contributed by atoms with Crippen LogP contribution in [0.25, 0.3) is 10.8 Å². The van der Waals surface area contributed by atoms with Crippen LogP contribution in [0.3, 0.4) is 0 Å². The van der Waals surface area contributed by atoms with Crippen LogP contribution in [0.2, 0.25) is 0 Å². The predicted octanol–water partition coefficient (Wildman–Crippen LogP) is 3.67. The average Bonchev–Trinajstić information content (AvgIpc) is 3.23. The van der Waals surface area contributed by atoms with Crippen molar-refractivity contribution in [3.05, 3.63) is 48.0 Å². The number of hydrogen-bond acceptors (Lipinski definition) is 8. The summed E-state index contributed by atoms with van der Waals surface area (Å²) in [6.45, 7) is 5.79. The molecule has 3 aromatic rings. The fraction of sp³-hybridized carbons (Fsp3) is 0.348. The number of thioether (sulfide) groups is 1. The van der Waals surface area contributed by atoms with Gasteiger partial charge in [-0.2, -0.15) is 0 Å². The third kappa shape index (κ3) is 7.26. The van der Waals surface area contributed by atoms with E-state index in [0.29, 0.717) is 16.1 Å². The predicted molar refractivity (Wildman–Crippen MR) is 130 cm³/mol. The number of esters is 1. The molecule has 0 bridgehead atoms. The van der Waals surface area contributed by atoms with Gasteiger partial charge < -0.3 is 10.1 Å². The number of nitrogens with zero attached hydrogens (tertiary/aromatic N) is 2. The number of carbonyl (C=O) groups excluding carboxylic acids is 3. The van der Waals surface area contributed by atoms with Crippen molar-refractivity contribution in [2.75, 3.05) is 17.7 Å². The number of amides is 2. The molecule has 174 valence electrons. The van der Waals surface area contributed by atoms with Gasteiger partial charge in [-0.25, -0.2) is 0 Å². The van der Waals surface area contributed by atoms with Crippen LogP contribution < -0.4 is 10.6 Å². The molecule has 3 rings (SSSR count). The number of benzene rings is 2. The molecule has 33 heavy (non-hydrogen) atoms. The van der Waals surface area contributed by atoms with Crippen LogP contribution in [0.15, 0.2) is 46.8 Å². The van der Waals surface area contributed by atoms with Crippen LogP contribution in [-0.4, -0.2) is 46.4 Å². The lowest BCUT2D eigenvalue weighted by Gasteiger charge is -2.21. The van der Waals surface area contributed by atoms with E-state index in [-0.39, 0.29) is 35.9 Å². The van der Waals surface area contributed by atoms with Crippen molar-refractivity contribution >= 4 is 56.8 Å². The van der Waals surface area contributed by atoms with Gasteiger partial charge in [-0.05, 0) is 29.2 Å². The normalized spacial score (nSPS) is 11.9. The largest absolute Gasteiger partial charge is 0.465 e. The number of fused-ring (bicyclic) bond motifs is 1. The molecule has 2 aromatic carbocycles. The molecule has 2 N–H and O–H groups in total. The van der Waals surface area contributed by atoms with Crippen molar-refractivity contribution in [2.24, 2.45) is 5.92 Å². The molecule has 10 heteroatoms. The molecule has 1 atom stereocenters. The zero-order valence-corrected chi connectivity index (χ0v) is 20.3. The molecule has 0 saturated heterocycles. The van der Waals surface area contributed by atoms with Gasteiger partial charge in [0.15, 0.2) is 4.34 Å². The maximum atomic E-state index is 12.8. The van der Waals surface area contributed by atoms with Gasteiger partial charge in [0.1, 0.15) is 6.04 Å². The molecule has 0 radical (unpaired) electrons. The summed E-state index contributed by atoms with van der Waals surface area (Å²) in [6.07, 6.45) is 0.175. The van der Waals surface area contributed by atoms with Gasteiger partial charge in [0.2, 0.25) is 16.9 Å². The summed E-state index contributed by atoms with van der Waals surface area (Å²) in [5, 5.41) is 15.9. The zero-order chi connectivity index (χ0) is 23.8. The van der Waals surface area contributed by atoms with Gasteiger partial charge in [-0.1, -0.05) is 79.4 Å². The number of rotatable bonds is 10. The minimum absolute atomic E-state index is 0.121. The number of aromatic nitrogens is 2. The van der Waals surface area contributed by atoms with Crippen molar-refractivity contribution < 1.29 is 19.1 Å². The highest BCUT2D eigenvalue weighted by molar-refractivity contribution is 8.01. The van der Waals surface area contributed by atoms with Gasteiger partial charge in [-0.3, -0.25) is 19.7 Å². The summed E-state index contributed by atoms with van der Waals surface area (Å²) in [5.74, 6) is -0.943. The maximum Gasteiger partial charge on any atom is 0.316 e. The van der Waals surface area contributed by atoms with E-state index in [9.17, 15) is 14.4 Å². The van der Waals surface area contributed by atoms with E-state index >= 15 is 0 Å². The Hall–Kier alpha value is -2.98. The lowest BCUT2D eigenvalue weighted by molar-refractivity contribution is -0.139. The number of anilines is 1. The van der Waals surface area contributed by atoms with Gasteiger partial charge in [-0.15, -0.1) is 10.2 Å². The maximum absolute atomic E-state index is 12.8. The van der Waals surface area contributed by atoms with Crippen LogP contribution in [-0.2, 0) is 25.5 Å². The first-order valence-electron chi connectivity index (χ1n) is 10.6. The Bertz CT molecular complexity index is 1130. The van der Waals surface area contributed by atoms with E-state index in [2.05, 4.69) is 20.8 Å². The van der Waals surface area contributed by atoms with E-state index in [1.54, 1.807) is 6.92 Å². The molecule has 1 heterocycles. The van der Waals surface area contributed by atoms with Crippen LogP contribution in [0.1, 0.15) is 26.3 Å². The molecule has 0 aliphatic carbocycles. The van der Waals surface area contributed by atoms with Crippen molar-refractivity contribution in [3.63, 3.8) is 0 Å². The second-order valence-electron chi connectivity index (χ2n) is 7.60. The number of hydrogen-bond donors (Lipinski definition) is 2. The smallest absolute Gasteiger partial charge is 0.316 e. The molecule has 0 saturated carbocycles. The van der Waals surface area contributed by atoms with E-state index in [0.717, 1.165) is 27.7 Å². The summed E-state index contributed by atoms with van der Waals surface area (Å²) in [5.41, 5.74) is 0.876. The van der Waals surface area contributed by atoms with E-state index in [1.807, 2.05) is 56.3 Å². The second kappa shape index (κ2) is 11.8. The molecule has 0 aliphatic rings. The Morgan fingerprint density at radius 1 is 1.09 bits per heavy atom. The molecule has 0 spiro atoms. The summed E-state index contributed by atoms with van der Waals surface area (Å²) in [4.78, 5) is 36.9. The van der Waals surface area contributed by atoms with Crippen LogP contribution >= 0.6 is 23.1 Å². The quantitative estimate of drug-likeness (QED) is 0.256. The highest BCUT2D eigenvalue weighted by Gasteiger charge is 2.25. The molecular weight excluding hydrogens is 460 g/mol. The Balaban J connectivity index is 1.57. The molecular formula is C23H26N4O4S2. The molecule has 0 fully saturated rings. The Morgan fingerprint density at radius 2 is 1.85 bits per heavy atom. The van der Waals surface area contributed by atoms with E-state index < -0.39 is 6.04 Å². The number of carbonyl (C=O) groups is 3. The zero-order valence-electron chi connectivity index (χ0n) is 18.7. The van der Waals surface area contributed by atoms with Gasteiger partial charge in [0.25, 0.3) is 0 Å². The summed E-state index contributed by atoms with van der Waals surface area (Å²) in [6, 6.07) is 13.1. The number of nitrogens with one attached hydrogen (secondary N) is 2. The number of ether oxygens (including phenoxy) is 1. The second-order valence-corrected chi connectivity index (χ2v) is 9.80. The first kappa shape index (κ1) is 24.7. The minimum Gasteiger partial charge on any atom is -0.465 e. The minimum atomic E-state index is -0.725. The van der Waals surface area contributed by atoms with Gasteiger partial charge in [0.05, 0.1) is 18.8 Å². The first-order valence-corrected chi connectivity index (χ1v) is 12.4. The standard InChI is InChI=1S/C23H26N4O4S2/c1-4-31-19(29)13-32-23-27-26-22(33-23)25-21(30)20(14(2)3)24-18(28)12-15-9-10-16-7-5-6-8-17(16)11-15/h5-11,14,20H,4,12-13H2,1-3H3,(H,24,28)(H,25,26,30). The Morgan fingerprint density at radius 3 is 2.58 bits per heavy atom. The third-order valence-corrected chi connectivity index (χ3v) is 6.65. The SMILES string of the molecule is CCOC(=O)CSc1nnc(NC(=O)C(NC(=O)Cc2ccc3ccccc3c2)C(C)C)s1. The van der Waals surface area contributed by atoms with Gasteiger partial charge in [0, 0.05) is 0 Å². The first-order chi connectivity index (χ1) is 15.9. The summed E-state index contributed by atoms with van der Waals surface area (Å²) < 4.78 is 5.42. The lowest BCUT2D eigenvalue weighted by atomic mass is 10.0. The molecule has 1 unspecified atom stereocenters. The van der Waals surface area contributed by atoms with Crippen LogP contribution in [0, 0.1) is 5.92 Å². The third-order valence-electron chi connectivity index (χ3n) is 4.70. The Labute approximate surface area is 200 Å². The summed E-state index contributed by atoms with van der Waals surface area (Å²) >= 11 is 2.35. The molecule has 8 nitrogen and oxygen atoms in total. The van der Waals surface area contributed by atoms with Crippen molar-refractivity contribution in [2.45, 2.75) is 37.6 Å². The van der Waals surface area contributed by atoms with E-state index in [1.165, 1.54) is 11.8 Å². The lowest BCUT2D eigenvalue weighted by Crippen LogP contribution is -2.47. The van der Waals surface area contributed by atoms with E-state index in [4.69, 9.17) is 4.74 Å². The highest BCUT2D eigenvalue weighted by atomic mass is 32.2. The highest BCUT2D eigenvalue weighted by Crippen LogP contribution is 2.26. The fourth-order valence-corrected chi connectivity index (χ4v) is 4.67. The monoisotopic (exact) mass is 486 g/mol. The van der Waals surface area contributed by atoms with Crippen molar-refractivity contribution in [3.8, 4) is 0 Å². The van der Waals surface area contributed by atoms with Crippen molar-refractivity contribution in [1.29, 1.82) is 0 Å². The van der Waals surface area contributed by atoms with Crippen LogP contribution in [0.5, 0.6) is 0 Å². The molecule has 0 aliphatic heterocycles. The summed E-state index contributed by atoms with van der Waals surface area (Å²) in [7, 11) is 0. The average molecular weight is 487 g/mol. The Kier molecular flexibility index (Phi) is 8.79.